The largest absolute Gasteiger partial charge is 0.490 e. The maximum Gasteiger partial charge on any atom is 0.357 e. The first-order chi connectivity index (χ1) is 26.0. The summed E-state index contributed by atoms with van der Waals surface area (Å²) in [5, 5.41) is 10.0. The number of para-hydroxylation sites is 1. The average Bonchev–Trinajstić information content (AvgIpc) is 3.73. The molecule has 0 amide bonds. The maximum absolute atomic E-state index is 14.9. The second kappa shape index (κ2) is 16.4. The Morgan fingerprint density at radius 2 is 1.89 bits per heavy atom. The molecule has 0 radical (unpaired) electrons. The zero-order valence-electron chi connectivity index (χ0n) is 31.9. The fourth-order valence-corrected chi connectivity index (χ4v) is 9.71. The van der Waals surface area contributed by atoms with Crippen molar-refractivity contribution in [3.05, 3.63) is 79.8 Å². The number of aryl methyl sites for hydroxylation is 1. The number of esters is 1. The lowest BCUT2D eigenvalue weighted by Gasteiger charge is -2.28. The van der Waals surface area contributed by atoms with E-state index in [9.17, 15) is 9.18 Å². The van der Waals surface area contributed by atoms with Gasteiger partial charge in [-0.15, -0.1) is 21.5 Å². The van der Waals surface area contributed by atoms with E-state index in [1.54, 1.807) is 17.4 Å². The standard InChI is InChI=1S/C39H48FN7O4S2Si/c1-25-28-11-9-16-46(36(28)44-43-35(25)42-39-47(24-50-19-20-54(4,5)6)30-12-7-8-13-32(30)52-39)38-41-34(37(48)49-3)33(53-38)14-10-18-51-31-22-26-15-17-45(2)23-27(26)21-29(31)40/h7-8,12-13,21-22H,9-11,14-20,23-24H2,1-6H3. The molecule has 11 nitrogen and oxygen atoms in total. The molecule has 0 unspecified atom stereocenters. The third kappa shape index (κ3) is 8.44. The van der Waals surface area contributed by atoms with Crippen LogP contribution in [0.2, 0.25) is 25.7 Å². The summed E-state index contributed by atoms with van der Waals surface area (Å²) >= 11 is 3.06. The number of halogens is 1. The summed E-state index contributed by atoms with van der Waals surface area (Å²) in [4.78, 5) is 28.6. The van der Waals surface area contributed by atoms with Gasteiger partial charge in [-0.2, -0.15) is 4.99 Å². The molecule has 15 heteroatoms. The summed E-state index contributed by atoms with van der Waals surface area (Å²) in [6, 6.07) is 12.8. The number of ether oxygens (including phenoxy) is 3. The van der Waals surface area contributed by atoms with Gasteiger partial charge in [0.25, 0.3) is 0 Å². The Balaban J connectivity index is 1.10. The number of likely N-dealkylation sites (N-methyl/N-ethyl adjacent to an activating group) is 1. The molecule has 0 saturated carbocycles. The minimum absolute atomic E-state index is 0.273. The fourth-order valence-electron chi connectivity index (χ4n) is 6.82. The number of nitrogens with zero attached hydrogens (tertiary/aromatic N) is 7. The summed E-state index contributed by atoms with van der Waals surface area (Å²) in [5.41, 5.74) is 5.54. The number of carbonyl (C=O) groups excluding carboxylic acids is 1. The number of methoxy groups -OCH3 is 1. The second-order valence-electron chi connectivity index (χ2n) is 15.2. The molecule has 0 N–H and O–H groups in total. The number of anilines is 2. The van der Waals surface area contributed by atoms with Crippen LogP contribution in [0.15, 0.2) is 41.4 Å². The molecule has 54 heavy (non-hydrogen) atoms. The van der Waals surface area contributed by atoms with Crippen LogP contribution in [0, 0.1) is 12.7 Å². The lowest BCUT2D eigenvalue weighted by Crippen LogP contribution is -2.27. The van der Waals surface area contributed by atoms with Gasteiger partial charge in [0.05, 0.1) is 23.9 Å². The molecule has 0 atom stereocenters. The van der Waals surface area contributed by atoms with Gasteiger partial charge >= 0.3 is 5.97 Å². The van der Waals surface area contributed by atoms with E-state index in [1.165, 1.54) is 18.4 Å². The van der Waals surface area contributed by atoms with Gasteiger partial charge in [-0.3, -0.25) is 4.57 Å². The first kappa shape index (κ1) is 38.3. The zero-order chi connectivity index (χ0) is 38.0. The molecule has 0 spiro atoms. The molecule has 0 fully saturated rings. The van der Waals surface area contributed by atoms with E-state index in [1.807, 2.05) is 30.1 Å². The first-order valence-corrected chi connectivity index (χ1v) is 23.9. The van der Waals surface area contributed by atoms with E-state index in [2.05, 4.69) is 53.3 Å². The SMILES string of the molecule is COC(=O)c1nc(N2CCCc3c2nnc(N=c2sc4ccccc4n2COCC[Si](C)(C)C)c3C)sc1CCCOc1cc2c(cc1F)CN(C)CC2. The third-order valence-electron chi connectivity index (χ3n) is 9.93. The summed E-state index contributed by atoms with van der Waals surface area (Å²) < 4.78 is 35.3. The molecule has 3 aromatic heterocycles. The minimum atomic E-state index is -1.22. The van der Waals surface area contributed by atoms with Gasteiger partial charge in [0.2, 0.25) is 0 Å². The van der Waals surface area contributed by atoms with Gasteiger partial charge in [0, 0.05) is 50.3 Å². The van der Waals surface area contributed by atoms with Crippen molar-refractivity contribution in [3.63, 3.8) is 0 Å². The molecule has 5 heterocycles. The summed E-state index contributed by atoms with van der Waals surface area (Å²) in [5.74, 6) is 0.741. The number of hydrogen-bond acceptors (Lipinski definition) is 12. The minimum Gasteiger partial charge on any atom is -0.490 e. The van der Waals surface area contributed by atoms with Crippen molar-refractivity contribution in [2.24, 2.45) is 4.99 Å². The third-order valence-corrected chi connectivity index (χ3v) is 13.8. The predicted octanol–water partition coefficient (Wildman–Crippen LogP) is 7.81. The molecule has 2 aromatic carbocycles. The summed E-state index contributed by atoms with van der Waals surface area (Å²) in [7, 11) is 2.19. The highest BCUT2D eigenvalue weighted by atomic mass is 32.1. The Hall–Kier alpha value is -4.02. The molecule has 0 bridgehead atoms. The lowest BCUT2D eigenvalue weighted by molar-refractivity contribution is 0.0593. The summed E-state index contributed by atoms with van der Waals surface area (Å²) in [6.45, 7) is 12.9. The van der Waals surface area contributed by atoms with Crippen LogP contribution in [0.5, 0.6) is 5.75 Å². The van der Waals surface area contributed by atoms with Crippen molar-refractivity contribution in [1.29, 1.82) is 0 Å². The number of thiazole rings is 2. The van der Waals surface area contributed by atoms with Crippen molar-refractivity contribution < 1.29 is 23.4 Å². The average molecular weight is 790 g/mol. The lowest BCUT2D eigenvalue weighted by atomic mass is 9.99. The van der Waals surface area contributed by atoms with Crippen molar-refractivity contribution in [1.82, 2.24) is 24.6 Å². The topological polar surface area (TPSA) is 107 Å². The van der Waals surface area contributed by atoms with Gasteiger partial charge in [-0.1, -0.05) is 43.1 Å². The molecule has 0 saturated heterocycles. The monoisotopic (exact) mass is 789 g/mol. The van der Waals surface area contributed by atoms with E-state index < -0.39 is 14.0 Å². The Morgan fingerprint density at radius 1 is 1.06 bits per heavy atom. The van der Waals surface area contributed by atoms with Crippen LogP contribution in [-0.4, -0.2) is 79.2 Å². The van der Waals surface area contributed by atoms with Crippen LogP contribution < -0.4 is 14.4 Å². The number of aromatic nitrogens is 4. The van der Waals surface area contributed by atoms with Crippen LogP contribution in [0.25, 0.3) is 10.2 Å². The molecular formula is C39H48FN7O4S2Si. The molecule has 7 rings (SSSR count). The van der Waals surface area contributed by atoms with Crippen LogP contribution in [0.4, 0.5) is 21.2 Å². The quantitative estimate of drug-likeness (QED) is 0.0671. The highest BCUT2D eigenvalue weighted by Crippen LogP contribution is 2.39. The zero-order valence-corrected chi connectivity index (χ0v) is 34.5. The highest BCUT2D eigenvalue weighted by Gasteiger charge is 2.29. The molecular weight excluding hydrogens is 742 g/mol. The predicted molar refractivity (Wildman–Crippen MR) is 215 cm³/mol. The van der Waals surface area contributed by atoms with Gasteiger partial charge < -0.3 is 24.0 Å². The van der Waals surface area contributed by atoms with Gasteiger partial charge in [0.15, 0.2) is 38.8 Å². The Morgan fingerprint density at radius 3 is 2.70 bits per heavy atom. The summed E-state index contributed by atoms with van der Waals surface area (Å²) in [6.07, 6.45) is 3.68. The molecule has 0 aliphatic carbocycles. The van der Waals surface area contributed by atoms with Crippen LogP contribution >= 0.6 is 22.7 Å². The van der Waals surface area contributed by atoms with Crippen LogP contribution in [0.1, 0.15) is 50.5 Å². The molecule has 2 aliphatic rings. The van der Waals surface area contributed by atoms with Crippen molar-refractivity contribution in [2.45, 2.75) is 78.0 Å². The smallest absolute Gasteiger partial charge is 0.357 e. The van der Waals surface area contributed by atoms with Crippen molar-refractivity contribution >= 4 is 63.7 Å². The van der Waals surface area contributed by atoms with E-state index in [0.29, 0.717) is 43.7 Å². The maximum atomic E-state index is 14.9. The fraction of sp³-hybridized carbons (Fsp3) is 0.462. The van der Waals surface area contributed by atoms with Gasteiger partial charge in [0.1, 0.15) is 6.73 Å². The van der Waals surface area contributed by atoms with E-state index >= 15 is 0 Å². The van der Waals surface area contributed by atoms with E-state index in [4.69, 9.17) is 29.3 Å². The number of rotatable bonds is 13. The van der Waals surface area contributed by atoms with Crippen molar-refractivity contribution in [3.8, 4) is 5.75 Å². The number of hydrogen-bond donors (Lipinski definition) is 0. The Bertz CT molecular complexity index is 2230. The van der Waals surface area contributed by atoms with E-state index in [-0.39, 0.29) is 17.3 Å². The Kier molecular flexibility index (Phi) is 11.6. The van der Waals surface area contributed by atoms with Crippen LogP contribution in [-0.2, 0) is 42.0 Å². The number of fused-ring (bicyclic) bond motifs is 3. The molecule has 2 aliphatic heterocycles. The molecule has 5 aromatic rings. The van der Waals surface area contributed by atoms with Gasteiger partial charge in [-0.25, -0.2) is 14.2 Å². The van der Waals surface area contributed by atoms with E-state index in [0.717, 1.165) is 93.0 Å². The first-order valence-electron chi connectivity index (χ1n) is 18.5. The van der Waals surface area contributed by atoms with Gasteiger partial charge in [-0.05, 0) is 87.5 Å². The normalized spacial score (nSPS) is 15.1. The number of carbonyl (C=O) groups is 1. The van der Waals surface area contributed by atoms with Crippen LogP contribution in [0.3, 0.4) is 0 Å². The highest BCUT2D eigenvalue weighted by molar-refractivity contribution is 7.16. The number of benzene rings is 2. The second-order valence-corrected chi connectivity index (χ2v) is 22.9. The Labute approximate surface area is 324 Å². The van der Waals surface area contributed by atoms with Crippen molar-refractivity contribution in [2.75, 3.05) is 45.4 Å². The molecule has 286 valence electrons.